The number of hydrogen-bond acceptors (Lipinski definition) is 2. The van der Waals surface area contributed by atoms with Crippen LogP contribution in [0.25, 0.3) is 0 Å². The molecule has 0 saturated heterocycles. The fourth-order valence-electron chi connectivity index (χ4n) is 0.381. The summed E-state index contributed by atoms with van der Waals surface area (Å²) in [5.41, 5.74) is 0. The third-order valence-electron chi connectivity index (χ3n) is 0.739. The van der Waals surface area contributed by atoms with E-state index in [-0.39, 0.29) is 32.7 Å². The number of thiazole rings is 1. The molecular formula is C5H6NSY-. The molecule has 1 aromatic heterocycles. The minimum absolute atomic E-state index is 0. The van der Waals surface area contributed by atoms with Gasteiger partial charge in [-0.05, 0) is 0 Å². The molecule has 0 spiro atoms. The van der Waals surface area contributed by atoms with E-state index in [4.69, 9.17) is 0 Å². The van der Waals surface area contributed by atoms with Crippen LogP contribution in [0.5, 0.6) is 0 Å². The maximum Gasteiger partial charge on any atom is 0 e. The normalized spacial score (nSPS) is 8.12. The Bertz CT molecular complexity index is 127. The molecule has 1 radical (unpaired) electrons. The van der Waals surface area contributed by atoms with Crippen LogP contribution in [0.2, 0.25) is 0 Å². The van der Waals surface area contributed by atoms with Gasteiger partial charge in [0.2, 0.25) is 0 Å². The molecule has 0 amide bonds. The number of aryl methyl sites for hydroxylation is 1. The van der Waals surface area contributed by atoms with Gasteiger partial charge in [-0.2, -0.15) is 0 Å². The van der Waals surface area contributed by atoms with Crippen molar-refractivity contribution in [3.05, 3.63) is 16.6 Å². The van der Waals surface area contributed by atoms with Crippen LogP contribution in [-0.2, 0) is 39.1 Å². The molecule has 0 unspecified atom stereocenters. The van der Waals surface area contributed by atoms with Crippen LogP contribution in [0.15, 0.2) is 5.38 Å². The second-order valence-corrected chi connectivity index (χ2v) is 2.17. The Labute approximate surface area is 78.4 Å². The molecule has 0 fully saturated rings. The minimum atomic E-state index is 0. The largest absolute Gasteiger partial charge is 0.446 e. The molecule has 0 aliphatic heterocycles. The van der Waals surface area contributed by atoms with Crippen LogP contribution >= 0.6 is 11.3 Å². The molecule has 0 bridgehead atoms. The Morgan fingerprint density at radius 2 is 2.62 bits per heavy atom. The monoisotopic (exact) mass is 201 g/mol. The smallest absolute Gasteiger partial charge is 0 e. The van der Waals surface area contributed by atoms with Crippen molar-refractivity contribution in [3.8, 4) is 0 Å². The second-order valence-electron chi connectivity index (χ2n) is 1.22. The molecule has 0 aliphatic rings. The maximum absolute atomic E-state index is 3.93. The fourth-order valence-corrected chi connectivity index (χ4v) is 0.895. The van der Waals surface area contributed by atoms with Gasteiger partial charge in [-0.1, -0.05) is 23.7 Å². The van der Waals surface area contributed by atoms with E-state index in [0.29, 0.717) is 0 Å². The molecule has 41 valence electrons. The fraction of sp³-hybridized carbons (Fsp3) is 0.400. The van der Waals surface area contributed by atoms with Crippen LogP contribution in [0, 0.1) is 6.20 Å². The molecular weight excluding hydrogens is 195 g/mol. The molecule has 1 aromatic rings. The SMILES string of the molecule is CCc1n[c-]cs1.[Y]. The van der Waals surface area contributed by atoms with Gasteiger partial charge in [0.1, 0.15) is 0 Å². The minimum Gasteiger partial charge on any atom is -0.446 e. The van der Waals surface area contributed by atoms with Gasteiger partial charge >= 0.3 is 0 Å². The zero-order valence-corrected chi connectivity index (χ0v) is 8.37. The summed E-state index contributed by atoms with van der Waals surface area (Å²) < 4.78 is 0. The Morgan fingerprint density at radius 3 is 2.88 bits per heavy atom. The van der Waals surface area contributed by atoms with Crippen molar-refractivity contribution < 1.29 is 32.7 Å². The van der Waals surface area contributed by atoms with Crippen molar-refractivity contribution in [1.82, 2.24) is 4.98 Å². The van der Waals surface area contributed by atoms with Crippen molar-refractivity contribution >= 4 is 11.3 Å². The van der Waals surface area contributed by atoms with E-state index in [0.717, 1.165) is 6.42 Å². The average molecular weight is 201 g/mol. The van der Waals surface area contributed by atoms with Crippen molar-refractivity contribution in [3.63, 3.8) is 0 Å². The molecule has 1 heterocycles. The summed E-state index contributed by atoms with van der Waals surface area (Å²) in [5.74, 6) is 0. The Hall–Kier alpha value is 0.734. The third-order valence-corrected chi connectivity index (χ3v) is 1.61. The first-order valence-corrected chi connectivity index (χ1v) is 3.12. The van der Waals surface area contributed by atoms with E-state index >= 15 is 0 Å². The number of rotatable bonds is 1. The molecule has 0 saturated carbocycles. The van der Waals surface area contributed by atoms with Crippen LogP contribution in [0.3, 0.4) is 0 Å². The molecule has 1 nitrogen and oxygen atoms in total. The Kier molecular flexibility index (Phi) is 5.02. The first-order valence-electron chi connectivity index (χ1n) is 2.24. The van der Waals surface area contributed by atoms with Crippen LogP contribution in [-0.4, -0.2) is 4.98 Å². The zero-order valence-electron chi connectivity index (χ0n) is 4.72. The number of nitrogens with zero attached hydrogens (tertiary/aromatic N) is 1. The van der Waals surface area contributed by atoms with E-state index in [1.54, 1.807) is 11.3 Å². The first kappa shape index (κ1) is 8.73. The standard InChI is InChI=1S/C5H6NS.Y/c1-2-5-6-3-4-7-5;/h4H,2H2,1H3;/q-1;. The van der Waals surface area contributed by atoms with Crippen molar-refractivity contribution in [2.45, 2.75) is 13.3 Å². The predicted molar refractivity (Wildman–Crippen MR) is 30.3 cm³/mol. The summed E-state index contributed by atoms with van der Waals surface area (Å²) in [7, 11) is 0. The summed E-state index contributed by atoms with van der Waals surface area (Å²) in [6, 6.07) is 0. The summed E-state index contributed by atoms with van der Waals surface area (Å²) in [6.45, 7) is 2.09. The van der Waals surface area contributed by atoms with Crippen LogP contribution < -0.4 is 0 Å². The van der Waals surface area contributed by atoms with Gasteiger partial charge in [0.05, 0.1) is 0 Å². The maximum atomic E-state index is 3.93. The van der Waals surface area contributed by atoms with E-state index in [1.165, 1.54) is 5.01 Å². The topological polar surface area (TPSA) is 12.9 Å². The molecule has 3 heteroatoms. The Morgan fingerprint density at radius 1 is 1.88 bits per heavy atom. The van der Waals surface area contributed by atoms with E-state index in [9.17, 15) is 0 Å². The number of hydrogen-bond donors (Lipinski definition) is 0. The molecule has 1 rings (SSSR count). The van der Waals surface area contributed by atoms with Gasteiger partial charge in [0.15, 0.2) is 0 Å². The van der Waals surface area contributed by atoms with Gasteiger partial charge in [-0.25, -0.2) is 11.3 Å². The van der Waals surface area contributed by atoms with E-state index < -0.39 is 0 Å². The van der Waals surface area contributed by atoms with Gasteiger partial charge in [-0.3, -0.25) is 0 Å². The summed E-state index contributed by atoms with van der Waals surface area (Å²) in [5, 5.41) is 3.04. The second kappa shape index (κ2) is 4.60. The van der Waals surface area contributed by atoms with Gasteiger partial charge in [-0.15, -0.1) is 6.20 Å². The summed E-state index contributed by atoms with van der Waals surface area (Å²) in [6.07, 6.45) is 3.79. The molecule has 8 heavy (non-hydrogen) atoms. The molecule has 0 N–H and O–H groups in total. The molecule has 0 atom stereocenters. The van der Waals surface area contributed by atoms with Gasteiger partial charge < -0.3 is 4.98 Å². The predicted octanol–water partition coefficient (Wildman–Crippen LogP) is 1.50. The molecule has 0 aromatic carbocycles. The molecule has 0 aliphatic carbocycles. The number of aromatic nitrogens is 1. The van der Waals surface area contributed by atoms with Crippen molar-refractivity contribution in [1.29, 1.82) is 0 Å². The zero-order chi connectivity index (χ0) is 5.11. The van der Waals surface area contributed by atoms with E-state index in [1.807, 2.05) is 5.38 Å². The summed E-state index contributed by atoms with van der Waals surface area (Å²) in [4.78, 5) is 3.93. The quantitative estimate of drug-likeness (QED) is 0.627. The van der Waals surface area contributed by atoms with E-state index in [2.05, 4.69) is 18.1 Å². The Balaban J connectivity index is 0.000000490. The summed E-state index contributed by atoms with van der Waals surface area (Å²) >= 11 is 1.66. The average Bonchev–Trinajstić information content (AvgIpc) is 2.14. The van der Waals surface area contributed by atoms with Crippen molar-refractivity contribution in [2.24, 2.45) is 0 Å². The van der Waals surface area contributed by atoms with Gasteiger partial charge in [0, 0.05) is 32.7 Å². The first-order chi connectivity index (χ1) is 3.43. The third kappa shape index (κ3) is 2.34. The van der Waals surface area contributed by atoms with Crippen molar-refractivity contribution in [2.75, 3.05) is 0 Å². The van der Waals surface area contributed by atoms with Crippen LogP contribution in [0.1, 0.15) is 11.9 Å². The van der Waals surface area contributed by atoms with Crippen LogP contribution in [0.4, 0.5) is 0 Å². The van der Waals surface area contributed by atoms with Gasteiger partial charge in [0.25, 0.3) is 0 Å².